The van der Waals surface area contributed by atoms with E-state index in [0.29, 0.717) is 18.5 Å². The van der Waals surface area contributed by atoms with E-state index in [-0.39, 0.29) is 21.9 Å². The summed E-state index contributed by atoms with van der Waals surface area (Å²) < 4.78 is 19.2. The van der Waals surface area contributed by atoms with Gasteiger partial charge in [0.1, 0.15) is 5.82 Å². The Labute approximate surface area is 103 Å². The van der Waals surface area contributed by atoms with E-state index < -0.39 is 5.82 Å². The van der Waals surface area contributed by atoms with Gasteiger partial charge in [-0.05, 0) is 34.8 Å². The van der Waals surface area contributed by atoms with Crippen LogP contribution in [0, 0.1) is 5.82 Å². The molecule has 0 saturated carbocycles. The number of ether oxygens (including phenoxy) is 1. The summed E-state index contributed by atoms with van der Waals surface area (Å²) in [5.74, 6) is -0.407. The van der Waals surface area contributed by atoms with Gasteiger partial charge in [0, 0.05) is 11.6 Å². The third kappa shape index (κ3) is 2.47. The van der Waals surface area contributed by atoms with Gasteiger partial charge in [-0.1, -0.05) is 6.92 Å². The maximum absolute atomic E-state index is 13.9. The molecule has 0 aliphatic carbocycles. The van der Waals surface area contributed by atoms with Gasteiger partial charge in [0.05, 0.1) is 11.6 Å². The van der Waals surface area contributed by atoms with Crippen LogP contribution in [0.1, 0.15) is 24.8 Å². The lowest BCUT2D eigenvalue weighted by molar-refractivity contribution is 0.360. The number of phenolic OH excluding ortho intramolecular Hbond substituents is 1. The molecule has 1 unspecified atom stereocenters. The van der Waals surface area contributed by atoms with Crippen molar-refractivity contribution in [2.45, 2.75) is 19.3 Å². The largest absolute Gasteiger partial charge is 0.504 e. The van der Waals surface area contributed by atoms with Crippen molar-refractivity contribution in [2.75, 3.05) is 13.7 Å². The molecule has 5 heteroatoms. The highest BCUT2D eigenvalue weighted by molar-refractivity contribution is 9.10. The Morgan fingerprint density at radius 2 is 2.25 bits per heavy atom. The Kier molecular flexibility index (Phi) is 4.56. The van der Waals surface area contributed by atoms with Crippen LogP contribution in [0.4, 0.5) is 4.39 Å². The molecular weight excluding hydrogens is 277 g/mol. The Morgan fingerprint density at radius 1 is 1.62 bits per heavy atom. The van der Waals surface area contributed by atoms with Gasteiger partial charge in [-0.15, -0.1) is 0 Å². The molecule has 90 valence electrons. The van der Waals surface area contributed by atoms with Crippen LogP contribution in [0.2, 0.25) is 0 Å². The van der Waals surface area contributed by atoms with Crippen LogP contribution in [0.5, 0.6) is 11.5 Å². The molecule has 0 heterocycles. The molecule has 1 rings (SSSR count). The molecule has 1 atom stereocenters. The molecule has 0 aromatic heterocycles. The quantitative estimate of drug-likeness (QED) is 0.897. The Hall–Kier alpha value is -0.810. The maximum Gasteiger partial charge on any atom is 0.166 e. The minimum absolute atomic E-state index is 0.0744. The summed E-state index contributed by atoms with van der Waals surface area (Å²) >= 11 is 3.06. The summed E-state index contributed by atoms with van der Waals surface area (Å²) in [6, 6.07) is 1.28. The van der Waals surface area contributed by atoms with E-state index in [2.05, 4.69) is 15.9 Å². The van der Waals surface area contributed by atoms with Crippen LogP contribution in [0.25, 0.3) is 0 Å². The zero-order valence-corrected chi connectivity index (χ0v) is 10.8. The van der Waals surface area contributed by atoms with E-state index in [9.17, 15) is 9.50 Å². The summed E-state index contributed by atoms with van der Waals surface area (Å²) in [6.45, 7) is 2.30. The molecule has 0 aliphatic heterocycles. The molecular formula is C11H15BrFNO2. The molecule has 0 amide bonds. The minimum atomic E-state index is -0.407. The summed E-state index contributed by atoms with van der Waals surface area (Å²) in [6.07, 6.45) is 0.628. The van der Waals surface area contributed by atoms with Gasteiger partial charge in [0.25, 0.3) is 0 Å². The predicted molar refractivity (Wildman–Crippen MR) is 64.4 cm³/mol. The molecule has 1 aromatic carbocycles. The third-order valence-electron chi connectivity index (χ3n) is 2.48. The maximum atomic E-state index is 13.9. The number of hydrogen-bond donors (Lipinski definition) is 2. The topological polar surface area (TPSA) is 55.5 Å². The van der Waals surface area contributed by atoms with Crippen LogP contribution in [-0.2, 0) is 0 Å². The molecule has 16 heavy (non-hydrogen) atoms. The monoisotopic (exact) mass is 291 g/mol. The van der Waals surface area contributed by atoms with Gasteiger partial charge in [-0.3, -0.25) is 0 Å². The van der Waals surface area contributed by atoms with Crippen molar-refractivity contribution in [1.82, 2.24) is 0 Å². The van der Waals surface area contributed by atoms with Gasteiger partial charge in [0.15, 0.2) is 11.5 Å². The van der Waals surface area contributed by atoms with E-state index in [1.807, 2.05) is 6.92 Å². The number of halogens is 2. The summed E-state index contributed by atoms with van der Waals surface area (Å²) in [5.41, 5.74) is 5.81. The van der Waals surface area contributed by atoms with Crippen molar-refractivity contribution in [3.63, 3.8) is 0 Å². The van der Waals surface area contributed by atoms with Crippen molar-refractivity contribution >= 4 is 15.9 Å². The lowest BCUT2D eigenvalue weighted by Crippen LogP contribution is -2.08. The molecule has 3 nitrogen and oxygen atoms in total. The van der Waals surface area contributed by atoms with Gasteiger partial charge < -0.3 is 15.6 Å². The second-order valence-corrected chi connectivity index (χ2v) is 4.47. The first-order valence-corrected chi connectivity index (χ1v) is 5.77. The first kappa shape index (κ1) is 13.3. The predicted octanol–water partition coefficient (Wildman–Crippen LogP) is 2.75. The number of rotatable bonds is 4. The highest BCUT2D eigenvalue weighted by Gasteiger charge is 2.22. The molecule has 0 bridgehead atoms. The molecule has 0 saturated heterocycles. The van der Waals surface area contributed by atoms with E-state index in [1.165, 1.54) is 13.2 Å². The van der Waals surface area contributed by atoms with Crippen molar-refractivity contribution in [2.24, 2.45) is 5.73 Å². The molecule has 3 N–H and O–H groups in total. The van der Waals surface area contributed by atoms with Crippen molar-refractivity contribution in [3.05, 3.63) is 21.9 Å². The summed E-state index contributed by atoms with van der Waals surface area (Å²) in [4.78, 5) is 0. The molecule has 0 aliphatic rings. The Bertz CT molecular complexity index is 385. The molecule has 0 fully saturated rings. The fraction of sp³-hybridized carbons (Fsp3) is 0.455. The average Bonchev–Trinajstić information content (AvgIpc) is 2.23. The van der Waals surface area contributed by atoms with Gasteiger partial charge >= 0.3 is 0 Å². The second-order valence-electron chi connectivity index (χ2n) is 3.62. The van der Waals surface area contributed by atoms with Crippen LogP contribution in [-0.4, -0.2) is 18.8 Å². The highest BCUT2D eigenvalue weighted by Crippen LogP contribution is 2.41. The van der Waals surface area contributed by atoms with E-state index >= 15 is 0 Å². The zero-order valence-electron chi connectivity index (χ0n) is 9.26. The lowest BCUT2D eigenvalue weighted by atomic mass is 9.96. The van der Waals surface area contributed by atoms with E-state index in [1.54, 1.807) is 0 Å². The first-order valence-electron chi connectivity index (χ1n) is 4.97. The van der Waals surface area contributed by atoms with Crippen LogP contribution in [0.15, 0.2) is 10.5 Å². The van der Waals surface area contributed by atoms with Crippen LogP contribution < -0.4 is 10.5 Å². The molecule has 1 aromatic rings. The Balaban J connectivity index is 3.32. The first-order chi connectivity index (χ1) is 7.52. The smallest absolute Gasteiger partial charge is 0.166 e. The fourth-order valence-electron chi connectivity index (χ4n) is 1.66. The van der Waals surface area contributed by atoms with E-state index in [4.69, 9.17) is 10.5 Å². The van der Waals surface area contributed by atoms with E-state index in [0.717, 1.165) is 0 Å². The average molecular weight is 292 g/mol. The van der Waals surface area contributed by atoms with Crippen molar-refractivity contribution < 1.29 is 14.2 Å². The third-order valence-corrected chi connectivity index (χ3v) is 3.06. The van der Waals surface area contributed by atoms with Crippen molar-refractivity contribution in [3.8, 4) is 11.5 Å². The van der Waals surface area contributed by atoms with Crippen LogP contribution >= 0.6 is 15.9 Å². The van der Waals surface area contributed by atoms with Gasteiger partial charge in [-0.25, -0.2) is 4.39 Å². The summed E-state index contributed by atoms with van der Waals surface area (Å²) in [7, 11) is 1.40. The second kappa shape index (κ2) is 5.50. The Morgan fingerprint density at radius 3 is 2.75 bits per heavy atom. The number of benzene rings is 1. The number of hydrogen-bond acceptors (Lipinski definition) is 3. The zero-order chi connectivity index (χ0) is 12.3. The minimum Gasteiger partial charge on any atom is -0.504 e. The fourth-order valence-corrected chi connectivity index (χ4v) is 2.09. The van der Waals surface area contributed by atoms with Gasteiger partial charge in [-0.2, -0.15) is 0 Å². The highest BCUT2D eigenvalue weighted by atomic mass is 79.9. The number of methoxy groups -OCH3 is 1. The SMILES string of the molecule is COc1c(O)cc(Br)c(F)c1C(C)CCN. The van der Waals surface area contributed by atoms with Crippen molar-refractivity contribution in [1.29, 1.82) is 0 Å². The standard InChI is InChI=1S/C11H15BrFNO2/c1-6(3-4-14)9-10(13)7(12)5-8(15)11(9)16-2/h5-6,15H,3-4,14H2,1-2H3. The molecule has 0 spiro atoms. The number of aromatic hydroxyl groups is 1. The number of phenols is 1. The van der Waals surface area contributed by atoms with Gasteiger partial charge in [0.2, 0.25) is 0 Å². The summed E-state index contributed by atoms with van der Waals surface area (Å²) in [5, 5.41) is 9.66. The normalized spacial score (nSPS) is 12.6. The van der Waals surface area contributed by atoms with Crippen LogP contribution in [0.3, 0.4) is 0 Å². The lowest BCUT2D eigenvalue weighted by Gasteiger charge is -2.17. The molecule has 0 radical (unpaired) electrons. The number of nitrogens with two attached hydrogens (primary N) is 1.